The summed E-state index contributed by atoms with van der Waals surface area (Å²) in [4.78, 5) is 222. The molecular weight excluding hydrogens is 1660 g/mol. The number of carbonyl (C=O) groups excluding carboxylic acids is 18. The van der Waals surface area contributed by atoms with Crippen molar-refractivity contribution in [2.24, 2.45) is 5.41 Å². The molecule has 710 valence electrons. The maximum atomic E-state index is 12.9. The predicted molar refractivity (Wildman–Crippen MR) is 428 cm³/mol. The monoisotopic (exact) mass is 1790 g/mol. The van der Waals surface area contributed by atoms with E-state index in [0.717, 1.165) is 62.3 Å². The summed E-state index contributed by atoms with van der Waals surface area (Å²) in [5, 5.41) is 24.6. The van der Waals surface area contributed by atoms with E-state index < -0.39 is 189 Å². The molecule has 0 radical (unpaired) electrons. The summed E-state index contributed by atoms with van der Waals surface area (Å²) in [5.74, 6) is -9.96. The molecule has 15 atom stereocenters. The van der Waals surface area contributed by atoms with E-state index in [2.05, 4.69) is 47.9 Å². The Morgan fingerprint density at radius 2 is 0.480 bits per heavy atom. The minimum atomic E-state index is -1.29. The summed E-state index contributed by atoms with van der Waals surface area (Å²) in [7, 11) is 0. The second-order valence-corrected chi connectivity index (χ2v) is 30.0. The van der Waals surface area contributed by atoms with Gasteiger partial charge in [0.05, 0.1) is 39.6 Å². The number of esters is 9. The number of amides is 9. The lowest BCUT2D eigenvalue weighted by atomic mass is 9.94. The lowest BCUT2D eigenvalue weighted by Crippen LogP contribution is -2.66. The van der Waals surface area contributed by atoms with Crippen LogP contribution in [0.5, 0.6) is 0 Å². The second kappa shape index (κ2) is 60.7. The Balaban J connectivity index is 1.48. The van der Waals surface area contributed by atoms with Crippen molar-refractivity contribution in [2.75, 3.05) is 119 Å². The summed E-state index contributed by atoms with van der Waals surface area (Å²) in [6.45, 7) is 16.0. The van der Waals surface area contributed by atoms with Gasteiger partial charge in [-0.1, -0.05) is 6.92 Å². The third kappa shape index (κ3) is 47.9. The van der Waals surface area contributed by atoms with Crippen LogP contribution in [0.2, 0.25) is 0 Å². The maximum Gasteiger partial charge on any atom is 0.303 e. The maximum absolute atomic E-state index is 12.9. The molecule has 3 heterocycles. The molecule has 3 fully saturated rings. The van der Waals surface area contributed by atoms with Gasteiger partial charge in [-0.25, -0.2) is 0 Å². The average molecular weight is 1790 g/mol. The first-order valence-corrected chi connectivity index (χ1v) is 41.7. The Morgan fingerprint density at radius 1 is 0.264 bits per heavy atom. The normalized spacial score (nSPS) is 22.4. The van der Waals surface area contributed by atoms with Gasteiger partial charge in [-0.2, -0.15) is 0 Å². The third-order valence-electron chi connectivity index (χ3n) is 18.2. The van der Waals surface area contributed by atoms with Crippen LogP contribution in [-0.2, 0) is 172 Å². The van der Waals surface area contributed by atoms with Crippen molar-refractivity contribution in [3.8, 4) is 0 Å². The van der Waals surface area contributed by atoms with Crippen LogP contribution in [0.25, 0.3) is 0 Å². The molecular formula is C80H129N9O36. The van der Waals surface area contributed by atoms with Crippen molar-refractivity contribution in [2.45, 2.75) is 278 Å². The molecule has 45 heteroatoms. The van der Waals surface area contributed by atoms with Crippen molar-refractivity contribution in [1.82, 2.24) is 47.9 Å². The Bertz CT molecular complexity index is 3140. The van der Waals surface area contributed by atoms with Gasteiger partial charge in [0.25, 0.3) is 0 Å². The first-order valence-electron chi connectivity index (χ1n) is 41.7. The lowest BCUT2D eigenvalue weighted by Gasteiger charge is -2.44. The number of rotatable bonds is 60. The highest BCUT2D eigenvalue weighted by atomic mass is 16.7. The van der Waals surface area contributed by atoms with E-state index in [1.54, 1.807) is 6.92 Å². The van der Waals surface area contributed by atoms with Gasteiger partial charge in [0.2, 0.25) is 53.2 Å². The first kappa shape index (κ1) is 109. The molecule has 9 amide bonds. The highest BCUT2D eigenvalue weighted by molar-refractivity contribution is 5.79. The van der Waals surface area contributed by atoms with Crippen LogP contribution < -0.4 is 47.9 Å². The lowest BCUT2D eigenvalue weighted by molar-refractivity contribution is -0.277. The van der Waals surface area contributed by atoms with Crippen LogP contribution in [0, 0.1) is 5.41 Å². The van der Waals surface area contributed by atoms with Crippen LogP contribution in [0.4, 0.5) is 0 Å². The number of nitrogens with one attached hydrogen (secondary N) is 9. The van der Waals surface area contributed by atoms with Crippen molar-refractivity contribution in [3.05, 3.63) is 0 Å². The van der Waals surface area contributed by atoms with Gasteiger partial charge < -0.3 is 133 Å². The standard InChI is InChI=1S/C80H129N9O36/c1-47(90)87-68-74(120-56(10)99)71(117-53(7)96)59(41-114-50(4)93)123-77(68)111-35-17-14-23-62(102)81-29-20-32-84-65(105)26-38-108-44-80(13,45-109-39-27-66(106)85-33-21-30-82-63(103)24-15-18-36-112-78-69(88-48(2)91)75(121-57(11)100)72(118-54(8)97)60(124-78)42-115-51(5)94)46-110-40-28-67(107)86-34-22-31-83-64(104)25-16-19-37-113-79-70(89-49(3)92)76(122-58(12)101)73(119-55(9)98)61(125-79)43-116-52(6)95/h59-61,68-79H,14-46H2,1-13H3,(H,81,102)(H,82,103)(H,83,104)(H,84,105)(H,85,106)(H,86,107)(H,87,90)(H,88,91)(H,89,92). The largest absolute Gasteiger partial charge is 0.463 e. The van der Waals surface area contributed by atoms with Gasteiger partial charge in [-0.05, 0) is 57.8 Å². The number of hydrogen-bond donors (Lipinski definition) is 9. The molecule has 0 aliphatic carbocycles. The van der Waals surface area contributed by atoms with Gasteiger partial charge >= 0.3 is 53.7 Å². The molecule has 0 saturated carbocycles. The molecule has 0 spiro atoms. The SMILES string of the molecule is CC(=O)NC1C(OCCCCC(=O)NCCCNC(=O)CCOCC(C)(COCCC(=O)NCCCNC(=O)CCCCOC2OC(COC(C)=O)C(OC(C)=O)C(OC(C)=O)C2NC(C)=O)COCCC(=O)NCCCNC(=O)CCCCOC2OC(COC(C)=O)C(OC(C)=O)C(OC(C)=O)C2NC(C)=O)OC(COC(C)=O)C(OC(C)=O)C1OC(C)=O. The number of unbranched alkanes of at least 4 members (excludes halogenated alkanes) is 3. The highest BCUT2D eigenvalue weighted by Gasteiger charge is 2.54. The Morgan fingerprint density at radius 3 is 0.688 bits per heavy atom. The minimum absolute atomic E-state index is 0.00850. The molecule has 0 aromatic rings. The molecule has 125 heavy (non-hydrogen) atoms. The molecule has 15 unspecified atom stereocenters. The highest BCUT2D eigenvalue weighted by Crippen LogP contribution is 2.32. The Labute approximate surface area is 725 Å². The second-order valence-electron chi connectivity index (χ2n) is 30.0. The predicted octanol–water partition coefficient (Wildman–Crippen LogP) is -1.39. The molecule has 3 rings (SSSR count). The van der Waals surface area contributed by atoms with E-state index in [-0.39, 0.29) is 173 Å². The summed E-state index contributed by atoms with van der Waals surface area (Å²) in [5.41, 5.74) is -0.855. The molecule has 3 saturated heterocycles. The number of ether oxygens (including phenoxy) is 18. The smallest absolute Gasteiger partial charge is 0.303 e. The molecule has 9 N–H and O–H groups in total. The van der Waals surface area contributed by atoms with E-state index in [9.17, 15) is 86.3 Å². The summed E-state index contributed by atoms with van der Waals surface area (Å²) in [6.07, 6.45) is -11.5. The summed E-state index contributed by atoms with van der Waals surface area (Å²) in [6, 6.07) is -3.45. The van der Waals surface area contributed by atoms with E-state index >= 15 is 0 Å². The third-order valence-corrected chi connectivity index (χ3v) is 18.2. The Hall–Kier alpha value is -9.90. The topological polar surface area (TPSA) is 582 Å². The summed E-state index contributed by atoms with van der Waals surface area (Å²) >= 11 is 0. The zero-order valence-electron chi connectivity index (χ0n) is 73.7. The zero-order chi connectivity index (χ0) is 93.0. The van der Waals surface area contributed by atoms with Crippen LogP contribution in [0.3, 0.4) is 0 Å². The molecule has 3 aliphatic rings. The van der Waals surface area contributed by atoms with Gasteiger partial charge in [0.1, 0.15) is 56.3 Å². The quantitative estimate of drug-likeness (QED) is 0.0192. The summed E-state index contributed by atoms with van der Waals surface area (Å²) < 4.78 is 102. The van der Waals surface area contributed by atoms with E-state index in [0.29, 0.717) is 57.8 Å². The van der Waals surface area contributed by atoms with Crippen molar-refractivity contribution in [3.63, 3.8) is 0 Å². The fraction of sp³-hybridized carbons (Fsp3) is 0.775. The number of hydrogen-bond acceptors (Lipinski definition) is 36. The van der Waals surface area contributed by atoms with Crippen LogP contribution in [-0.4, -0.2) is 317 Å². The molecule has 3 aliphatic heterocycles. The van der Waals surface area contributed by atoms with Crippen LogP contribution in [0.15, 0.2) is 0 Å². The fourth-order valence-corrected chi connectivity index (χ4v) is 12.8. The van der Waals surface area contributed by atoms with Crippen LogP contribution in [0.1, 0.15) is 186 Å². The average Bonchev–Trinajstić information content (AvgIpc) is 0.796. The van der Waals surface area contributed by atoms with E-state index in [1.165, 1.54) is 20.8 Å². The van der Waals surface area contributed by atoms with Crippen molar-refractivity contribution >= 4 is 107 Å². The van der Waals surface area contributed by atoms with Gasteiger partial charge in [-0.3, -0.25) is 86.3 Å². The molecule has 0 bridgehead atoms. The van der Waals surface area contributed by atoms with Gasteiger partial charge in [0, 0.05) is 186 Å². The number of carbonyl (C=O) groups is 18. The van der Waals surface area contributed by atoms with Crippen molar-refractivity contribution in [1.29, 1.82) is 0 Å². The minimum Gasteiger partial charge on any atom is -0.463 e. The van der Waals surface area contributed by atoms with Gasteiger partial charge in [-0.15, -0.1) is 0 Å². The first-order chi connectivity index (χ1) is 59.3. The molecule has 0 aromatic carbocycles. The zero-order valence-corrected chi connectivity index (χ0v) is 73.7. The molecule has 0 aromatic heterocycles. The van der Waals surface area contributed by atoms with E-state index in [4.69, 9.17) is 85.3 Å². The van der Waals surface area contributed by atoms with Crippen molar-refractivity contribution < 1.29 is 172 Å². The van der Waals surface area contributed by atoms with E-state index in [1.807, 2.05) is 0 Å². The van der Waals surface area contributed by atoms with Crippen LogP contribution >= 0.6 is 0 Å². The van der Waals surface area contributed by atoms with Gasteiger partial charge in [0.15, 0.2) is 55.5 Å². The fourth-order valence-electron chi connectivity index (χ4n) is 12.8. The Kier molecular flexibility index (Phi) is 53.0. The molecule has 45 nitrogen and oxygen atoms in total.